The van der Waals surface area contributed by atoms with Crippen LogP contribution in [-0.2, 0) is 0 Å². The monoisotopic (exact) mass is 298 g/mol. The summed E-state index contributed by atoms with van der Waals surface area (Å²) in [7, 11) is 4.90. The minimum Gasteiger partial charge on any atom is -0.497 e. The maximum Gasteiger partial charge on any atom is 0.129 e. The van der Waals surface area contributed by atoms with E-state index in [2.05, 4.69) is 0 Å². The van der Waals surface area contributed by atoms with Gasteiger partial charge in [-0.05, 0) is 24.3 Å². The molecular formula is C14H15ClO3S. The van der Waals surface area contributed by atoms with E-state index in [9.17, 15) is 0 Å². The van der Waals surface area contributed by atoms with Gasteiger partial charge in [0.15, 0.2) is 0 Å². The summed E-state index contributed by atoms with van der Waals surface area (Å²) in [6, 6.07) is 7.53. The molecule has 1 aromatic heterocycles. The van der Waals surface area contributed by atoms with Gasteiger partial charge in [0.2, 0.25) is 0 Å². The molecular weight excluding hydrogens is 284 g/mol. The van der Waals surface area contributed by atoms with Crippen LogP contribution in [0.2, 0.25) is 0 Å². The molecule has 0 N–H and O–H groups in total. The Hall–Kier alpha value is -1.39. The average molecular weight is 299 g/mol. The molecule has 0 saturated heterocycles. The van der Waals surface area contributed by atoms with E-state index in [4.69, 9.17) is 25.8 Å². The van der Waals surface area contributed by atoms with E-state index >= 15 is 0 Å². The van der Waals surface area contributed by atoms with Crippen LogP contribution in [0.3, 0.4) is 0 Å². The first kappa shape index (κ1) is 14.0. The summed E-state index contributed by atoms with van der Waals surface area (Å²) in [6.07, 6.45) is 0. The van der Waals surface area contributed by atoms with Crippen molar-refractivity contribution < 1.29 is 14.2 Å². The molecule has 1 aromatic carbocycles. The van der Waals surface area contributed by atoms with Crippen molar-refractivity contribution in [2.24, 2.45) is 0 Å². The lowest BCUT2D eigenvalue weighted by Crippen LogP contribution is -1.97. The summed E-state index contributed by atoms with van der Waals surface area (Å²) in [5.41, 5.74) is 0.882. The Morgan fingerprint density at radius 1 is 1.00 bits per heavy atom. The molecule has 1 unspecified atom stereocenters. The summed E-state index contributed by atoms with van der Waals surface area (Å²) in [6.45, 7) is 0. The zero-order chi connectivity index (χ0) is 13.8. The minimum absolute atomic E-state index is 0.293. The van der Waals surface area contributed by atoms with Crippen molar-refractivity contribution >= 4 is 22.9 Å². The number of hydrogen-bond acceptors (Lipinski definition) is 4. The Morgan fingerprint density at radius 3 is 2.32 bits per heavy atom. The van der Waals surface area contributed by atoms with E-state index in [1.807, 2.05) is 29.6 Å². The lowest BCUT2D eigenvalue weighted by molar-refractivity contribution is 0.399. The van der Waals surface area contributed by atoms with Gasteiger partial charge in [-0.25, -0.2) is 0 Å². The number of alkyl halides is 1. The van der Waals surface area contributed by atoms with E-state index in [1.54, 1.807) is 32.7 Å². The second-order valence-corrected chi connectivity index (χ2v) is 5.24. The van der Waals surface area contributed by atoms with Gasteiger partial charge in [-0.2, -0.15) is 0 Å². The Labute approximate surface area is 121 Å². The molecule has 1 heterocycles. The van der Waals surface area contributed by atoms with Crippen molar-refractivity contribution in [3.63, 3.8) is 0 Å². The lowest BCUT2D eigenvalue weighted by atomic mass is 10.1. The highest BCUT2D eigenvalue weighted by molar-refractivity contribution is 7.10. The molecule has 102 valence electrons. The van der Waals surface area contributed by atoms with Crippen LogP contribution in [0.1, 0.15) is 15.8 Å². The van der Waals surface area contributed by atoms with Gasteiger partial charge in [-0.3, -0.25) is 0 Å². The zero-order valence-electron chi connectivity index (χ0n) is 11.0. The first-order chi connectivity index (χ1) is 9.19. The molecule has 0 spiro atoms. The third-order valence-electron chi connectivity index (χ3n) is 2.79. The molecule has 0 fully saturated rings. The zero-order valence-corrected chi connectivity index (χ0v) is 12.5. The predicted molar refractivity (Wildman–Crippen MR) is 78.1 cm³/mol. The van der Waals surface area contributed by atoms with Gasteiger partial charge in [-0.15, -0.1) is 22.9 Å². The van der Waals surface area contributed by atoms with E-state index in [-0.39, 0.29) is 5.38 Å². The fourth-order valence-electron chi connectivity index (χ4n) is 1.77. The van der Waals surface area contributed by atoms with Crippen molar-refractivity contribution in [2.45, 2.75) is 5.38 Å². The minimum atomic E-state index is -0.293. The van der Waals surface area contributed by atoms with Crippen LogP contribution in [0, 0.1) is 0 Å². The van der Waals surface area contributed by atoms with Crippen molar-refractivity contribution in [1.82, 2.24) is 0 Å². The van der Waals surface area contributed by atoms with Crippen LogP contribution in [0.15, 0.2) is 29.6 Å². The number of benzene rings is 1. The van der Waals surface area contributed by atoms with Crippen LogP contribution in [-0.4, -0.2) is 21.3 Å². The van der Waals surface area contributed by atoms with Gasteiger partial charge < -0.3 is 14.2 Å². The van der Waals surface area contributed by atoms with Crippen LogP contribution < -0.4 is 14.2 Å². The largest absolute Gasteiger partial charge is 0.497 e. The number of halogens is 1. The Balaban J connectivity index is 2.38. The SMILES string of the molecule is COc1csc(C(Cl)c2cc(OC)ccc2OC)c1. The standard InChI is InChI=1S/C14H15ClO3S/c1-16-9-4-5-12(18-3)11(6-9)14(15)13-7-10(17-2)8-19-13/h4-8,14H,1-3H3. The molecule has 0 radical (unpaired) electrons. The molecule has 5 heteroatoms. The maximum absolute atomic E-state index is 6.53. The Morgan fingerprint density at radius 2 is 1.74 bits per heavy atom. The third-order valence-corrected chi connectivity index (χ3v) is 4.37. The van der Waals surface area contributed by atoms with Gasteiger partial charge in [-0.1, -0.05) is 0 Å². The summed E-state index contributed by atoms with van der Waals surface area (Å²) in [4.78, 5) is 1.00. The van der Waals surface area contributed by atoms with Crippen molar-refractivity contribution in [3.05, 3.63) is 40.1 Å². The predicted octanol–water partition coefficient (Wildman–Crippen LogP) is 4.10. The van der Waals surface area contributed by atoms with Gasteiger partial charge in [0, 0.05) is 15.8 Å². The Kier molecular flexibility index (Phi) is 4.56. The van der Waals surface area contributed by atoms with Crippen molar-refractivity contribution in [2.75, 3.05) is 21.3 Å². The van der Waals surface area contributed by atoms with E-state index < -0.39 is 0 Å². The van der Waals surface area contributed by atoms with E-state index in [1.165, 1.54) is 0 Å². The van der Waals surface area contributed by atoms with E-state index in [0.29, 0.717) is 0 Å². The molecule has 0 amide bonds. The van der Waals surface area contributed by atoms with Gasteiger partial charge in [0.05, 0.1) is 26.7 Å². The normalized spacial score (nSPS) is 12.0. The fourth-order valence-corrected chi connectivity index (χ4v) is 3.00. The van der Waals surface area contributed by atoms with Crippen LogP contribution in [0.4, 0.5) is 0 Å². The number of methoxy groups -OCH3 is 3. The van der Waals surface area contributed by atoms with Crippen LogP contribution in [0.25, 0.3) is 0 Å². The average Bonchev–Trinajstić information content (AvgIpc) is 2.94. The summed E-state index contributed by atoms with van der Waals surface area (Å²) >= 11 is 8.09. The molecule has 0 aliphatic heterocycles. The highest BCUT2D eigenvalue weighted by atomic mass is 35.5. The molecule has 1 atom stereocenters. The highest BCUT2D eigenvalue weighted by Crippen LogP contribution is 2.40. The molecule has 2 aromatic rings. The fraction of sp³-hybridized carbons (Fsp3) is 0.286. The lowest BCUT2D eigenvalue weighted by Gasteiger charge is -2.14. The van der Waals surface area contributed by atoms with Gasteiger partial charge in [0.25, 0.3) is 0 Å². The molecule has 0 saturated carbocycles. The molecule has 0 aliphatic carbocycles. The van der Waals surface area contributed by atoms with E-state index in [0.717, 1.165) is 27.7 Å². The molecule has 0 bridgehead atoms. The third kappa shape index (κ3) is 2.96. The topological polar surface area (TPSA) is 27.7 Å². The number of thiophene rings is 1. The maximum atomic E-state index is 6.53. The smallest absolute Gasteiger partial charge is 0.129 e. The summed E-state index contributed by atoms with van der Waals surface area (Å²) < 4.78 is 15.8. The van der Waals surface area contributed by atoms with Crippen LogP contribution >= 0.6 is 22.9 Å². The molecule has 3 nitrogen and oxygen atoms in total. The first-order valence-corrected chi connectivity index (χ1v) is 6.99. The number of rotatable bonds is 5. The Bertz CT molecular complexity index is 553. The number of ether oxygens (including phenoxy) is 3. The van der Waals surface area contributed by atoms with Gasteiger partial charge in [0.1, 0.15) is 17.2 Å². The van der Waals surface area contributed by atoms with Crippen molar-refractivity contribution in [1.29, 1.82) is 0 Å². The van der Waals surface area contributed by atoms with Crippen LogP contribution in [0.5, 0.6) is 17.2 Å². The molecule has 19 heavy (non-hydrogen) atoms. The number of hydrogen-bond donors (Lipinski definition) is 0. The molecule has 0 aliphatic rings. The quantitative estimate of drug-likeness (QED) is 0.778. The summed E-state index contributed by atoms with van der Waals surface area (Å²) in [5.74, 6) is 2.31. The highest BCUT2D eigenvalue weighted by Gasteiger charge is 2.18. The first-order valence-electron chi connectivity index (χ1n) is 5.68. The second kappa shape index (κ2) is 6.17. The molecule has 2 rings (SSSR count). The summed E-state index contributed by atoms with van der Waals surface area (Å²) in [5, 5.41) is 1.64. The second-order valence-electron chi connectivity index (χ2n) is 3.86. The van der Waals surface area contributed by atoms with Gasteiger partial charge >= 0.3 is 0 Å². The van der Waals surface area contributed by atoms with Crippen molar-refractivity contribution in [3.8, 4) is 17.2 Å².